The molecule has 0 saturated heterocycles. The summed E-state index contributed by atoms with van der Waals surface area (Å²) in [5.74, 6) is 15.1. The lowest BCUT2D eigenvalue weighted by molar-refractivity contribution is 0.305. The van der Waals surface area contributed by atoms with Gasteiger partial charge in [-0.3, -0.25) is 8.63 Å². The predicted molar refractivity (Wildman–Crippen MR) is 277 cm³/mol. The minimum atomic E-state index is -2.90. The van der Waals surface area contributed by atoms with E-state index in [1.54, 1.807) is 6.07 Å². The van der Waals surface area contributed by atoms with E-state index in [-0.39, 0.29) is 5.82 Å². The lowest BCUT2D eigenvalue weighted by atomic mass is 10.0. The van der Waals surface area contributed by atoms with Crippen LogP contribution in [0.25, 0.3) is 28.0 Å². The molecule has 338 valence electrons. The van der Waals surface area contributed by atoms with Crippen molar-refractivity contribution in [1.29, 1.82) is 0 Å². The highest BCUT2D eigenvalue weighted by Gasteiger charge is 2.30. The summed E-state index contributed by atoms with van der Waals surface area (Å²) in [4.78, 5) is 10.1. The lowest BCUT2D eigenvalue weighted by Gasteiger charge is -2.10. The van der Waals surface area contributed by atoms with Gasteiger partial charge in [0.25, 0.3) is 0 Å². The molecule has 0 radical (unpaired) electrons. The highest BCUT2D eigenvalue weighted by atomic mass is 19.2. The molecule has 8 heteroatoms. The molecule has 6 aromatic carbocycles. The number of nitrogens with zero attached hydrogens (tertiary/aromatic N) is 3. The van der Waals surface area contributed by atoms with Crippen molar-refractivity contribution < 1.29 is 18.1 Å². The first-order valence-electron chi connectivity index (χ1n) is 23.7. The number of rotatable bonds is 18. The standard InChI is InChI=1S/C60H54BF2N3O2/c1-3-5-7-15-41-67-53-37-29-47(30-38-53)23-21-45-25-33-51(34-26-45)57-43-55(49-17-11-9-12-18-49)59(64-57)65-60-56(50-19-13-10-14-20-50)44-58(66(60)61(62)63)52-35-27-46(28-36-52)22-24-48-31-39-54(40-32-48)68-42-16-8-6-4-2/h9-14,17-20,25-40,43-44H,3-8,15-16,41-42H2,1-2H3/b65-59-. The van der Waals surface area contributed by atoms with Gasteiger partial charge in [0.2, 0.25) is 0 Å². The van der Waals surface area contributed by atoms with Gasteiger partial charge in [0.1, 0.15) is 17.3 Å². The highest BCUT2D eigenvalue weighted by Crippen LogP contribution is 2.40. The zero-order valence-electron chi connectivity index (χ0n) is 38.7. The Morgan fingerprint density at radius 1 is 0.515 bits per heavy atom. The van der Waals surface area contributed by atoms with Crippen LogP contribution in [0.1, 0.15) is 98.6 Å². The van der Waals surface area contributed by atoms with Gasteiger partial charge in [-0.1, -0.05) is 161 Å². The zero-order chi connectivity index (χ0) is 46.9. The third kappa shape index (κ3) is 12.4. The minimum Gasteiger partial charge on any atom is -0.494 e. The fourth-order valence-electron chi connectivity index (χ4n) is 7.89. The predicted octanol–water partition coefficient (Wildman–Crippen LogP) is 14.9. The van der Waals surface area contributed by atoms with E-state index in [1.807, 2.05) is 164 Å². The molecule has 0 atom stereocenters. The molecule has 0 N–H and O–H groups in total. The maximum absolute atomic E-state index is 15.6. The molecule has 0 aliphatic carbocycles. The van der Waals surface area contributed by atoms with Crippen LogP contribution in [0.4, 0.5) is 14.4 Å². The van der Waals surface area contributed by atoms with Crippen molar-refractivity contribution in [2.75, 3.05) is 13.2 Å². The minimum absolute atomic E-state index is 0.109. The van der Waals surface area contributed by atoms with Crippen LogP contribution in [0, 0.1) is 23.7 Å². The Labute approximate surface area is 400 Å². The Bertz CT molecular complexity index is 2970. The van der Waals surface area contributed by atoms with Gasteiger partial charge in [0, 0.05) is 44.6 Å². The average Bonchev–Trinajstić information content (AvgIpc) is 3.99. The van der Waals surface area contributed by atoms with Gasteiger partial charge < -0.3 is 14.0 Å². The van der Waals surface area contributed by atoms with E-state index in [9.17, 15) is 0 Å². The first-order chi connectivity index (χ1) is 33.4. The number of ether oxygens (including phenoxy) is 2. The van der Waals surface area contributed by atoms with Crippen LogP contribution in [0.15, 0.2) is 180 Å². The number of aromatic nitrogens is 1. The van der Waals surface area contributed by atoms with Gasteiger partial charge in [-0.15, -0.1) is 0 Å². The summed E-state index contributed by atoms with van der Waals surface area (Å²) in [7, 11) is -2.90. The fourth-order valence-corrected chi connectivity index (χ4v) is 7.89. The van der Waals surface area contributed by atoms with Crippen LogP contribution in [-0.4, -0.2) is 36.6 Å². The molecule has 7 aromatic rings. The molecule has 1 aliphatic heterocycles. The van der Waals surface area contributed by atoms with Crippen LogP contribution < -0.4 is 9.47 Å². The van der Waals surface area contributed by atoms with Crippen molar-refractivity contribution in [3.05, 3.63) is 203 Å². The monoisotopic (exact) mass is 897 g/mol. The van der Waals surface area contributed by atoms with Crippen molar-refractivity contribution in [3.63, 3.8) is 0 Å². The molecule has 68 heavy (non-hydrogen) atoms. The summed E-state index contributed by atoms with van der Waals surface area (Å²) in [5.41, 5.74) is 8.75. The molecule has 0 spiro atoms. The van der Waals surface area contributed by atoms with E-state index in [0.717, 1.165) is 79.9 Å². The normalized spacial score (nSPS) is 12.4. The number of allylic oxidation sites excluding steroid dienone is 1. The average molecular weight is 898 g/mol. The van der Waals surface area contributed by atoms with Crippen molar-refractivity contribution in [3.8, 4) is 57.6 Å². The second kappa shape index (κ2) is 23.7. The zero-order valence-corrected chi connectivity index (χ0v) is 38.7. The number of amidine groups is 1. The third-order valence-electron chi connectivity index (χ3n) is 11.6. The molecule has 8 rings (SSSR count). The van der Waals surface area contributed by atoms with Crippen LogP contribution in [-0.2, 0) is 0 Å². The topological polar surface area (TPSA) is 48.1 Å². The maximum atomic E-state index is 15.6. The number of unbranched alkanes of at least 4 members (excludes halogenated alkanes) is 6. The number of hydrogen-bond donors (Lipinski definition) is 0. The number of aliphatic imine (C=N–C) groups is 2. The van der Waals surface area contributed by atoms with Crippen LogP contribution in [0.2, 0.25) is 0 Å². The van der Waals surface area contributed by atoms with Gasteiger partial charge in [-0.25, -0.2) is 9.98 Å². The van der Waals surface area contributed by atoms with Gasteiger partial charge in [-0.05, 0) is 114 Å². The highest BCUT2D eigenvalue weighted by molar-refractivity contribution is 6.43. The summed E-state index contributed by atoms with van der Waals surface area (Å²) in [5, 5.41) is 0. The largest absolute Gasteiger partial charge is 0.679 e. The molecular formula is C60H54BF2N3O2. The smallest absolute Gasteiger partial charge is 0.494 e. The Morgan fingerprint density at radius 3 is 1.44 bits per heavy atom. The molecule has 0 bridgehead atoms. The molecule has 2 heterocycles. The van der Waals surface area contributed by atoms with E-state index < -0.39 is 7.40 Å². The van der Waals surface area contributed by atoms with Gasteiger partial charge in [0.15, 0.2) is 5.84 Å². The molecule has 0 fully saturated rings. The van der Waals surface area contributed by atoms with Crippen LogP contribution in [0.5, 0.6) is 11.5 Å². The van der Waals surface area contributed by atoms with E-state index in [0.29, 0.717) is 35.0 Å². The van der Waals surface area contributed by atoms with E-state index in [4.69, 9.17) is 19.5 Å². The Kier molecular flexibility index (Phi) is 16.3. The van der Waals surface area contributed by atoms with E-state index in [1.165, 1.54) is 38.5 Å². The summed E-state index contributed by atoms with van der Waals surface area (Å²) in [6.45, 7) is 5.82. The second-order valence-corrected chi connectivity index (χ2v) is 16.7. The lowest BCUT2D eigenvalue weighted by Crippen LogP contribution is -2.14. The number of hydrogen-bond acceptors (Lipinski definition) is 3. The first kappa shape index (κ1) is 46.8. The summed E-state index contributed by atoms with van der Waals surface area (Å²) >= 11 is 0. The van der Waals surface area contributed by atoms with E-state index in [2.05, 4.69) is 37.5 Å². The Morgan fingerprint density at radius 2 is 0.971 bits per heavy atom. The quantitative estimate of drug-likeness (QED) is 0.0489. The van der Waals surface area contributed by atoms with E-state index >= 15 is 8.63 Å². The van der Waals surface area contributed by atoms with Crippen molar-refractivity contribution in [1.82, 2.24) is 4.48 Å². The van der Waals surface area contributed by atoms with Crippen molar-refractivity contribution >= 4 is 30.3 Å². The van der Waals surface area contributed by atoms with Crippen molar-refractivity contribution in [2.24, 2.45) is 9.98 Å². The summed E-state index contributed by atoms with van der Waals surface area (Å²) in [6, 6.07) is 52.0. The molecule has 0 unspecified atom stereocenters. The number of benzene rings is 6. The molecule has 0 saturated carbocycles. The number of halogens is 2. The molecule has 1 aliphatic rings. The van der Waals surface area contributed by atoms with Gasteiger partial charge in [-0.2, -0.15) is 0 Å². The second-order valence-electron chi connectivity index (χ2n) is 16.7. The summed E-state index contributed by atoms with van der Waals surface area (Å²) < 4.78 is 43.9. The fraction of sp³-hybridized carbons (Fsp3) is 0.200. The molecule has 5 nitrogen and oxygen atoms in total. The van der Waals surface area contributed by atoms with Crippen LogP contribution >= 0.6 is 0 Å². The SMILES string of the molecule is CCCCCCOc1ccc(C#Cc2ccc(C3=N/C(=N\c4c(-c5ccccc5)cc(-c5ccc(C#Cc6ccc(OCCCCCC)cc6)cc5)n4B(F)F)C(c4ccccc4)=C3)cc2)cc1. The van der Waals surface area contributed by atoms with Gasteiger partial charge >= 0.3 is 7.40 Å². The Hall–Kier alpha value is -7.68. The summed E-state index contributed by atoms with van der Waals surface area (Å²) in [6.07, 6.45) is 11.3. The maximum Gasteiger partial charge on any atom is 0.679 e. The van der Waals surface area contributed by atoms with Gasteiger partial charge in [0.05, 0.1) is 18.9 Å². The molecular weight excluding hydrogens is 843 g/mol. The molecule has 0 amide bonds. The van der Waals surface area contributed by atoms with Crippen LogP contribution in [0.3, 0.4) is 0 Å². The molecule has 1 aromatic heterocycles. The first-order valence-corrected chi connectivity index (χ1v) is 23.7. The Balaban J connectivity index is 1.06. The third-order valence-corrected chi connectivity index (χ3v) is 11.6. The van der Waals surface area contributed by atoms with Crippen molar-refractivity contribution in [2.45, 2.75) is 65.2 Å².